The van der Waals surface area contributed by atoms with Gasteiger partial charge in [-0.3, -0.25) is 4.79 Å². The van der Waals surface area contributed by atoms with Gasteiger partial charge in [0.2, 0.25) is 0 Å². The molecule has 0 saturated heterocycles. The van der Waals surface area contributed by atoms with Gasteiger partial charge in [0.1, 0.15) is 5.75 Å². The minimum Gasteiger partial charge on any atom is -0.484 e. The minimum absolute atomic E-state index is 0.126. The maximum Gasteiger partial charge on any atom is 0.319 e. The lowest BCUT2D eigenvalue weighted by Gasteiger charge is -2.10. The number of urea groups is 1. The van der Waals surface area contributed by atoms with E-state index in [4.69, 9.17) is 4.74 Å². The molecule has 0 aliphatic rings. The first-order valence-electron chi connectivity index (χ1n) is 9.27. The molecule has 8 heteroatoms. The van der Waals surface area contributed by atoms with Crippen LogP contribution in [-0.4, -0.2) is 34.6 Å². The largest absolute Gasteiger partial charge is 0.484 e. The second kappa shape index (κ2) is 10.5. The number of hydrogen-bond donors (Lipinski definition) is 3. The monoisotopic (exact) mass is 393 g/mol. The number of hydrogen-bond acceptors (Lipinski definition) is 4. The third-order valence-corrected chi connectivity index (χ3v) is 3.96. The van der Waals surface area contributed by atoms with Gasteiger partial charge in [-0.25, -0.2) is 9.78 Å². The summed E-state index contributed by atoms with van der Waals surface area (Å²) < 4.78 is 7.46. The maximum atomic E-state index is 12.0. The molecule has 3 amide bonds. The quantitative estimate of drug-likeness (QED) is 0.487. The van der Waals surface area contributed by atoms with Crippen molar-refractivity contribution in [3.63, 3.8) is 0 Å². The second-order valence-electron chi connectivity index (χ2n) is 6.27. The molecule has 0 fully saturated rings. The van der Waals surface area contributed by atoms with Crippen molar-refractivity contribution in [2.24, 2.45) is 0 Å². The van der Waals surface area contributed by atoms with Crippen LogP contribution in [0.1, 0.15) is 6.42 Å². The molecule has 0 unspecified atom stereocenters. The summed E-state index contributed by atoms with van der Waals surface area (Å²) in [4.78, 5) is 27.9. The first-order valence-corrected chi connectivity index (χ1v) is 9.27. The lowest BCUT2D eigenvalue weighted by molar-refractivity contribution is -0.118. The number of para-hydroxylation sites is 1. The molecule has 3 N–H and O–H groups in total. The van der Waals surface area contributed by atoms with Crippen LogP contribution < -0.4 is 20.7 Å². The van der Waals surface area contributed by atoms with E-state index in [9.17, 15) is 9.59 Å². The highest BCUT2D eigenvalue weighted by atomic mass is 16.5. The minimum atomic E-state index is -0.297. The summed E-state index contributed by atoms with van der Waals surface area (Å²) in [6.45, 7) is 1.20. The highest BCUT2D eigenvalue weighted by Gasteiger charge is 2.06. The number of aryl methyl sites for hydroxylation is 1. The number of carbonyl (C=O) groups is 2. The molecule has 0 bridgehead atoms. The number of benzene rings is 2. The SMILES string of the molecule is O=C(COc1cccc(NC(=O)NCCCn2ccnc2)c1)Nc1ccccc1. The summed E-state index contributed by atoms with van der Waals surface area (Å²) >= 11 is 0. The highest BCUT2D eigenvalue weighted by molar-refractivity contribution is 5.92. The summed E-state index contributed by atoms with van der Waals surface area (Å²) in [5.41, 5.74) is 1.29. The summed E-state index contributed by atoms with van der Waals surface area (Å²) in [5.74, 6) is 0.233. The average Bonchev–Trinajstić information content (AvgIpc) is 3.24. The standard InChI is InChI=1S/C21H23N5O3/c27-20(24-17-6-2-1-3-7-17)15-29-19-9-4-8-18(14-19)25-21(28)23-10-5-12-26-13-11-22-16-26/h1-4,6-9,11,13-14,16H,5,10,12,15H2,(H,24,27)(H2,23,25,28). The smallest absolute Gasteiger partial charge is 0.319 e. The summed E-state index contributed by atoms with van der Waals surface area (Å²) in [6.07, 6.45) is 6.14. The number of aromatic nitrogens is 2. The topological polar surface area (TPSA) is 97.3 Å². The van der Waals surface area contributed by atoms with Crippen LogP contribution in [0.3, 0.4) is 0 Å². The van der Waals surface area contributed by atoms with Crippen molar-refractivity contribution in [3.8, 4) is 5.75 Å². The van der Waals surface area contributed by atoms with E-state index in [0.717, 1.165) is 13.0 Å². The van der Waals surface area contributed by atoms with Crippen molar-refractivity contribution in [2.75, 3.05) is 23.8 Å². The molecule has 0 spiro atoms. The number of nitrogens with zero attached hydrogens (tertiary/aromatic N) is 2. The average molecular weight is 393 g/mol. The molecule has 3 aromatic rings. The Bertz CT molecular complexity index is 913. The molecule has 1 heterocycles. The Morgan fingerprint density at radius 3 is 2.62 bits per heavy atom. The Morgan fingerprint density at radius 1 is 1.00 bits per heavy atom. The van der Waals surface area contributed by atoms with E-state index in [2.05, 4.69) is 20.9 Å². The molecule has 0 aliphatic carbocycles. The maximum absolute atomic E-state index is 12.0. The fraction of sp³-hybridized carbons (Fsp3) is 0.190. The molecule has 3 rings (SSSR count). The van der Waals surface area contributed by atoms with E-state index in [1.807, 2.05) is 29.0 Å². The first kappa shape index (κ1) is 19.9. The van der Waals surface area contributed by atoms with Crippen molar-refractivity contribution >= 4 is 23.3 Å². The van der Waals surface area contributed by atoms with Gasteiger partial charge in [0.05, 0.1) is 6.33 Å². The van der Waals surface area contributed by atoms with E-state index < -0.39 is 0 Å². The molecule has 8 nitrogen and oxygen atoms in total. The van der Waals surface area contributed by atoms with Gasteiger partial charge in [-0.15, -0.1) is 0 Å². The van der Waals surface area contributed by atoms with Crippen LogP contribution in [0.2, 0.25) is 0 Å². The van der Waals surface area contributed by atoms with Gasteiger partial charge >= 0.3 is 6.03 Å². The van der Waals surface area contributed by atoms with Crippen LogP contribution in [0, 0.1) is 0 Å². The molecule has 1 aromatic heterocycles. The number of rotatable bonds is 9. The molecular weight excluding hydrogens is 370 g/mol. The van der Waals surface area contributed by atoms with E-state index in [-0.39, 0.29) is 18.5 Å². The molecule has 0 aliphatic heterocycles. The predicted molar refractivity (Wildman–Crippen MR) is 111 cm³/mol. The highest BCUT2D eigenvalue weighted by Crippen LogP contribution is 2.17. The molecule has 0 atom stereocenters. The summed E-state index contributed by atoms with van der Waals surface area (Å²) in [7, 11) is 0. The molecule has 2 aromatic carbocycles. The summed E-state index contributed by atoms with van der Waals surface area (Å²) in [5, 5.41) is 8.30. The second-order valence-corrected chi connectivity index (χ2v) is 6.27. The van der Waals surface area contributed by atoms with Gasteiger partial charge in [-0.2, -0.15) is 0 Å². The van der Waals surface area contributed by atoms with Crippen LogP contribution in [0.4, 0.5) is 16.2 Å². The number of amides is 3. The Morgan fingerprint density at radius 2 is 1.83 bits per heavy atom. The lowest BCUT2D eigenvalue weighted by Crippen LogP contribution is -2.30. The van der Waals surface area contributed by atoms with Crippen LogP contribution in [-0.2, 0) is 11.3 Å². The van der Waals surface area contributed by atoms with Gasteiger partial charge in [0.25, 0.3) is 5.91 Å². The van der Waals surface area contributed by atoms with E-state index in [1.165, 1.54) is 0 Å². The molecule has 0 radical (unpaired) electrons. The predicted octanol–water partition coefficient (Wildman–Crippen LogP) is 3.11. The fourth-order valence-electron chi connectivity index (χ4n) is 2.59. The van der Waals surface area contributed by atoms with Crippen LogP contribution in [0.5, 0.6) is 5.75 Å². The van der Waals surface area contributed by atoms with Gasteiger partial charge < -0.3 is 25.3 Å². The van der Waals surface area contributed by atoms with Crippen molar-refractivity contribution < 1.29 is 14.3 Å². The number of ether oxygens (including phenoxy) is 1. The van der Waals surface area contributed by atoms with Crippen LogP contribution >= 0.6 is 0 Å². The van der Waals surface area contributed by atoms with E-state index >= 15 is 0 Å². The third kappa shape index (κ3) is 7.02. The molecular formula is C21H23N5O3. The zero-order valence-electron chi connectivity index (χ0n) is 15.9. The zero-order valence-corrected chi connectivity index (χ0v) is 15.9. The van der Waals surface area contributed by atoms with E-state index in [0.29, 0.717) is 23.7 Å². The molecule has 150 valence electrons. The number of anilines is 2. The number of carbonyl (C=O) groups excluding carboxylic acids is 2. The Hall–Kier alpha value is -3.81. The summed E-state index contributed by atoms with van der Waals surface area (Å²) in [6, 6.07) is 15.8. The normalized spacial score (nSPS) is 10.2. The molecule has 0 saturated carbocycles. The van der Waals surface area contributed by atoms with Gasteiger partial charge in [0, 0.05) is 42.9 Å². The zero-order chi connectivity index (χ0) is 20.3. The first-order chi connectivity index (χ1) is 14.2. The van der Waals surface area contributed by atoms with Gasteiger partial charge in [0.15, 0.2) is 6.61 Å². The van der Waals surface area contributed by atoms with Crippen LogP contribution in [0.25, 0.3) is 0 Å². The van der Waals surface area contributed by atoms with Gasteiger partial charge in [-0.1, -0.05) is 24.3 Å². The van der Waals surface area contributed by atoms with Crippen molar-refractivity contribution in [1.82, 2.24) is 14.9 Å². The molecule has 29 heavy (non-hydrogen) atoms. The number of nitrogens with one attached hydrogen (secondary N) is 3. The van der Waals surface area contributed by atoms with E-state index in [1.54, 1.807) is 48.9 Å². The van der Waals surface area contributed by atoms with Crippen molar-refractivity contribution in [3.05, 3.63) is 73.3 Å². The Labute approximate surface area is 168 Å². The Balaban J connectivity index is 1.39. The van der Waals surface area contributed by atoms with Crippen LogP contribution in [0.15, 0.2) is 73.3 Å². The van der Waals surface area contributed by atoms with Gasteiger partial charge in [-0.05, 0) is 30.7 Å². The fourth-order valence-corrected chi connectivity index (χ4v) is 2.59. The Kier molecular flexibility index (Phi) is 7.22. The number of imidazole rings is 1. The van der Waals surface area contributed by atoms with Crippen molar-refractivity contribution in [1.29, 1.82) is 0 Å². The van der Waals surface area contributed by atoms with Crippen molar-refractivity contribution in [2.45, 2.75) is 13.0 Å². The lowest BCUT2D eigenvalue weighted by atomic mass is 10.3. The third-order valence-electron chi connectivity index (χ3n) is 3.96.